The van der Waals surface area contributed by atoms with Crippen molar-refractivity contribution in [3.8, 4) is 0 Å². The van der Waals surface area contributed by atoms with Gasteiger partial charge >= 0.3 is 6.09 Å². The van der Waals surface area contributed by atoms with Crippen molar-refractivity contribution in [2.24, 2.45) is 5.73 Å². The van der Waals surface area contributed by atoms with E-state index in [-0.39, 0.29) is 12.1 Å². The van der Waals surface area contributed by atoms with Crippen LogP contribution in [0.4, 0.5) is 4.79 Å². The predicted octanol–water partition coefficient (Wildman–Crippen LogP) is 3.85. The number of ether oxygens (including phenoxy) is 1. The first-order valence-corrected chi connectivity index (χ1v) is 9.57. The third kappa shape index (κ3) is 3.27. The highest BCUT2D eigenvalue weighted by molar-refractivity contribution is 5.65. The topological polar surface area (TPSA) is 64.4 Å². The number of hydrogen-bond donors (Lipinski definition) is 2. The molecule has 2 unspecified atom stereocenters. The van der Waals surface area contributed by atoms with Crippen LogP contribution in [0.2, 0.25) is 0 Å². The molecule has 3 aromatic rings. The van der Waals surface area contributed by atoms with E-state index < -0.39 is 11.5 Å². The summed E-state index contributed by atoms with van der Waals surface area (Å²) in [7, 11) is 0. The maximum absolute atomic E-state index is 11.3. The Labute approximate surface area is 165 Å². The Balaban J connectivity index is 1.91. The van der Waals surface area contributed by atoms with Gasteiger partial charge < -0.3 is 15.8 Å². The molecule has 1 aliphatic rings. The lowest BCUT2D eigenvalue weighted by Crippen LogP contribution is -2.47. The van der Waals surface area contributed by atoms with Gasteiger partial charge in [0.15, 0.2) is 0 Å². The number of amides is 1. The molecule has 0 bridgehead atoms. The van der Waals surface area contributed by atoms with Crippen LogP contribution in [0.25, 0.3) is 0 Å². The van der Waals surface area contributed by atoms with Crippen LogP contribution in [0, 0.1) is 0 Å². The van der Waals surface area contributed by atoms with Crippen LogP contribution in [-0.4, -0.2) is 24.8 Å². The third-order valence-corrected chi connectivity index (χ3v) is 5.58. The van der Waals surface area contributed by atoms with Gasteiger partial charge in [0.05, 0.1) is 5.41 Å². The molecule has 4 rings (SSSR count). The molecule has 1 aliphatic heterocycles. The smallest absolute Gasteiger partial charge is 0.404 e. The molecule has 1 saturated heterocycles. The van der Waals surface area contributed by atoms with Crippen LogP contribution in [0.3, 0.4) is 0 Å². The highest BCUT2D eigenvalue weighted by Crippen LogP contribution is 2.44. The van der Waals surface area contributed by atoms with Crippen molar-refractivity contribution in [1.82, 2.24) is 5.32 Å². The van der Waals surface area contributed by atoms with E-state index in [1.807, 2.05) is 18.2 Å². The van der Waals surface area contributed by atoms with E-state index in [1.54, 1.807) is 0 Å². The van der Waals surface area contributed by atoms with E-state index in [0.29, 0.717) is 13.0 Å². The zero-order valence-corrected chi connectivity index (χ0v) is 15.6. The summed E-state index contributed by atoms with van der Waals surface area (Å²) >= 11 is 0. The van der Waals surface area contributed by atoms with Crippen molar-refractivity contribution in [2.45, 2.75) is 24.0 Å². The maximum Gasteiger partial charge on any atom is 0.404 e. The molecule has 0 radical (unpaired) electrons. The molecule has 4 nitrogen and oxygen atoms in total. The van der Waals surface area contributed by atoms with Crippen LogP contribution in [-0.2, 0) is 10.2 Å². The molecule has 0 aliphatic carbocycles. The predicted molar refractivity (Wildman–Crippen MR) is 110 cm³/mol. The quantitative estimate of drug-likeness (QED) is 0.669. The van der Waals surface area contributed by atoms with Crippen LogP contribution in [0.15, 0.2) is 91.0 Å². The van der Waals surface area contributed by atoms with E-state index in [2.05, 4.69) is 78.1 Å². The number of rotatable bonds is 5. The third-order valence-electron chi connectivity index (χ3n) is 5.58. The molecular formula is C24H24N2O2. The minimum Gasteiger partial charge on any atom is -0.445 e. The Morgan fingerprint density at radius 3 is 1.64 bits per heavy atom. The van der Waals surface area contributed by atoms with Crippen molar-refractivity contribution >= 4 is 6.09 Å². The Hall–Kier alpha value is -3.11. The molecule has 2 atom stereocenters. The second-order valence-corrected chi connectivity index (χ2v) is 7.16. The normalized spacial score (nSPS) is 19.3. The summed E-state index contributed by atoms with van der Waals surface area (Å²) in [6.07, 6.45) is -0.281. The average Bonchev–Trinajstić information content (AvgIpc) is 3.19. The summed E-state index contributed by atoms with van der Waals surface area (Å²) in [5.41, 5.74) is 8.45. The zero-order valence-electron chi connectivity index (χ0n) is 15.6. The fourth-order valence-electron chi connectivity index (χ4n) is 4.49. The highest BCUT2D eigenvalue weighted by atomic mass is 16.6. The average molecular weight is 372 g/mol. The van der Waals surface area contributed by atoms with Crippen molar-refractivity contribution in [3.63, 3.8) is 0 Å². The van der Waals surface area contributed by atoms with E-state index in [1.165, 1.54) is 16.7 Å². The standard InChI is InChI=1S/C24H24N2O2/c25-23(27)28-21-16-22(26-17-21)24(18-10-4-1-5-11-18,19-12-6-2-7-13-19)20-14-8-3-9-15-20/h1-15,21-22,26H,16-17H2,(H2,25,27). The molecule has 4 heteroatoms. The molecule has 1 fully saturated rings. The van der Waals surface area contributed by atoms with Gasteiger partial charge in [-0.15, -0.1) is 0 Å². The minimum atomic E-state index is -0.725. The molecule has 1 heterocycles. The molecule has 0 spiro atoms. The zero-order chi connectivity index (χ0) is 19.4. The molecule has 3 aromatic carbocycles. The summed E-state index contributed by atoms with van der Waals surface area (Å²) in [4.78, 5) is 11.3. The lowest BCUT2D eigenvalue weighted by molar-refractivity contribution is 0.114. The number of carbonyl (C=O) groups is 1. The second-order valence-electron chi connectivity index (χ2n) is 7.16. The molecule has 0 saturated carbocycles. The van der Waals surface area contributed by atoms with Gasteiger partial charge in [0.25, 0.3) is 0 Å². The van der Waals surface area contributed by atoms with Gasteiger partial charge in [0.1, 0.15) is 6.10 Å². The van der Waals surface area contributed by atoms with Crippen LogP contribution in [0.1, 0.15) is 23.1 Å². The first kappa shape index (κ1) is 18.3. The highest BCUT2D eigenvalue weighted by Gasteiger charge is 2.47. The van der Waals surface area contributed by atoms with E-state index in [0.717, 1.165) is 0 Å². The van der Waals surface area contributed by atoms with Gasteiger partial charge in [-0.2, -0.15) is 0 Å². The van der Waals surface area contributed by atoms with Crippen molar-refractivity contribution in [3.05, 3.63) is 108 Å². The summed E-state index contributed by atoms with van der Waals surface area (Å²) in [5, 5.41) is 3.62. The largest absolute Gasteiger partial charge is 0.445 e. The number of hydrogen-bond acceptors (Lipinski definition) is 3. The van der Waals surface area contributed by atoms with E-state index in [9.17, 15) is 4.79 Å². The molecule has 28 heavy (non-hydrogen) atoms. The Kier molecular flexibility index (Phi) is 5.13. The van der Waals surface area contributed by atoms with Gasteiger partial charge in [0, 0.05) is 19.0 Å². The molecule has 0 aromatic heterocycles. The summed E-state index contributed by atoms with van der Waals surface area (Å²) < 4.78 is 5.32. The Bertz CT molecular complexity index is 816. The van der Waals surface area contributed by atoms with Crippen molar-refractivity contribution < 1.29 is 9.53 Å². The van der Waals surface area contributed by atoms with Crippen molar-refractivity contribution in [1.29, 1.82) is 0 Å². The van der Waals surface area contributed by atoms with Gasteiger partial charge in [-0.25, -0.2) is 4.79 Å². The molecule has 3 N–H and O–H groups in total. The summed E-state index contributed by atoms with van der Waals surface area (Å²) in [6, 6.07) is 31.6. The monoisotopic (exact) mass is 372 g/mol. The first-order chi connectivity index (χ1) is 13.7. The van der Waals surface area contributed by atoms with Gasteiger partial charge in [-0.3, -0.25) is 0 Å². The first-order valence-electron chi connectivity index (χ1n) is 9.57. The molecular weight excluding hydrogens is 348 g/mol. The fraction of sp³-hybridized carbons (Fsp3) is 0.208. The second kappa shape index (κ2) is 7.87. The number of carbonyl (C=O) groups excluding carboxylic acids is 1. The van der Waals surface area contributed by atoms with Crippen molar-refractivity contribution in [2.75, 3.05) is 6.54 Å². The van der Waals surface area contributed by atoms with E-state index >= 15 is 0 Å². The van der Waals surface area contributed by atoms with Gasteiger partial charge in [-0.1, -0.05) is 91.0 Å². The fourth-order valence-corrected chi connectivity index (χ4v) is 4.49. The SMILES string of the molecule is NC(=O)OC1CNC(C(c2ccccc2)(c2ccccc2)c2ccccc2)C1. The Morgan fingerprint density at radius 2 is 1.25 bits per heavy atom. The molecule has 1 amide bonds. The van der Waals surface area contributed by atoms with Crippen LogP contribution < -0.4 is 11.1 Å². The summed E-state index contributed by atoms with van der Waals surface area (Å²) in [5.74, 6) is 0. The number of benzene rings is 3. The maximum atomic E-state index is 11.3. The van der Waals surface area contributed by atoms with Gasteiger partial charge in [0.2, 0.25) is 0 Å². The van der Waals surface area contributed by atoms with E-state index in [4.69, 9.17) is 10.5 Å². The number of nitrogens with two attached hydrogens (primary N) is 1. The number of nitrogens with one attached hydrogen (secondary N) is 1. The Morgan fingerprint density at radius 1 is 0.821 bits per heavy atom. The summed E-state index contributed by atoms with van der Waals surface area (Å²) in [6.45, 7) is 0.585. The van der Waals surface area contributed by atoms with Gasteiger partial charge in [-0.05, 0) is 16.7 Å². The molecule has 142 valence electrons. The minimum absolute atomic E-state index is 0.0454. The number of primary amides is 1. The lowest BCUT2D eigenvalue weighted by Gasteiger charge is -2.41. The van der Waals surface area contributed by atoms with Crippen LogP contribution >= 0.6 is 0 Å². The van der Waals surface area contributed by atoms with Crippen LogP contribution in [0.5, 0.6) is 0 Å². The lowest BCUT2D eigenvalue weighted by atomic mass is 9.64.